The van der Waals surface area contributed by atoms with Gasteiger partial charge in [0.15, 0.2) is 9.84 Å². The molecule has 0 saturated heterocycles. The average Bonchev–Trinajstić information content (AvgIpc) is 2.62. The normalized spacial score (nSPS) is 14.8. The summed E-state index contributed by atoms with van der Waals surface area (Å²) in [6, 6.07) is 7.05. The molecule has 0 aliphatic carbocycles. The van der Waals surface area contributed by atoms with E-state index in [2.05, 4.69) is 0 Å². The first-order chi connectivity index (χ1) is 14.1. The molecule has 0 bridgehead atoms. The van der Waals surface area contributed by atoms with Crippen LogP contribution in [0.3, 0.4) is 0 Å². The molecule has 0 saturated carbocycles. The Kier molecular flexibility index (Phi) is 7.17. The highest BCUT2D eigenvalue weighted by Gasteiger charge is 2.43. The highest BCUT2D eigenvalue weighted by atomic mass is 32.2. The summed E-state index contributed by atoms with van der Waals surface area (Å²) in [6.45, 7) is 2.19. The van der Waals surface area contributed by atoms with Crippen LogP contribution in [0.5, 0.6) is 0 Å². The first kappa shape index (κ1) is 24.8. The zero-order valence-corrected chi connectivity index (χ0v) is 17.9. The first-order valence-electron chi connectivity index (χ1n) is 9.23. The van der Waals surface area contributed by atoms with Crippen molar-refractivity contribution in [2.24, 2.45) is 0 Å². The van der Waals surface area contributed by atoms with E-state index in [9.17, 15) is 35.9 Å². The summed E-state index contributed by atoms with van der Waals surface area (Å²) >= 11 is 0. The van der Waals surface area contributed by atoms with Crippen LogP contribution in [0.1, 0.15) is 31.9 Å². The van der Waals surface area contributed by atoms with Crippen molar-refractivity contribution in [3.8, 4) is 11.1 Å². The minimum Gasteiger partial charge on any atom is -0.480 e. The summed E-state index contributed by atoms with van der Waals surface area (Å²) in [6.07, 6.45) is -4.39. The smallest absolute Gasteiger partial charge is 0.407 e. The zero-order valence-electron chi connectivity index (χ0n) is 17.1. The van der Waals surface area contributed by atoms with E-state index in [4.69, 9.17) is 0 Å². The van der Waals surface area contributed by atoms with Crippen LogP contribution >= 0.6 is 0 Å². The number of carbonyl (C=O) groups is 1. The monoisotopic (exact) mass is 461 g/mol. The van der Waals surface area contributed by atoms with E-state index in [1.54, 1.807) is 0 Å². The average molecular weight is 461 g/mol. The van der Waals surface area contributed by atoms with Crippen molar-refractivity contribution >= 4 is 15.8 Å². The van der Waals surface area contributed by atoms with Gasteiger partial charge < -0.3 is 5.11 Å². The summed E-state index contributed by atoms with van der Waals surface area (Å²) < 4.78 is 77.9. The predicted octanol–water partition coefficient (Wildman–Crippen LogP) is 4.54. The maximum Gasteiger partial charge on any atom is 0.407 e. The number of rotatable bonds is 8. The number of aliphatic carboxylic acids is 1. The second-order valence-corrected chi connectivity index (χ2v) is 9.89. The van der Waals surface area contributed by atoms with E-state index in [0.717, 1.165) is 20.1 Å². The van der Waals surface area contributed by atoms with Crippen LogP contribution in [-0.4, -0.2) is 43.6 Å². The molecule has 170 valence electrons. The lowest BCUT2D eigenvalue weighted by molar-refractivity contribution is -0.164. The zero-order chi connectivity index (χ0) is 23.6. The largest absolute Gasteiger partial charge is 0.480 e. The maximum absolute atomic E-state index is 13.9. The number of alkyl halides is 4. The quantitative estimate of drug-likeness (QED) is 0.564. The van der Waals surface area contributed by atoms with E-state index in [1.165, 1.54) is 48.5 Å². The van der Waals surface area contributed by atoms with E-state index in [1.807, 2.05) is 5.32 Å². The maximum atomic E-state index is 13.9. The Labute approximate surface area is 178 Å². The minimum atomic E-state index is -4.81. The number of benzene rings is 2. The molecule has 0 amide bonds. The van der Waals surface area contributed by atoms with Crippen molar-refractivity contribution in [2.75, 3.05) is 6.26 Å². The minimum absolute atomic E-state index is 0.115. The Morgan fingerprint density at radius 3 is 1.77 bits per heavy atom. The van der Waals surface area contributed by atoms with Gasteiger partial charge in [0.2, 0.25) is 0 Å². The van der Waals surface area contributed by atoms with E-state index < -0.39 is 46.2 Å². The van der Waals surface area contributed by atoms with Gasteiger partial charge in [-0.15, -0.1) is 0 Å². The fourth-order valence-electron chi connectivity index (χ4n) is 3.05. The van der Waals surface area contributed by atoms with Gasteiger partial charge in [0, 0.05) is 12.7 Å². The molecule has 5 nitrogen and oxygen atoms in total. The molecule has 0 unspecified atom stereocenters. The van der Waals surface area contributed by atoms with Gasteiger partial charge in [-0.25, -0.2) is 12.8 Å². The number of hydrogen-bond acceptors (Lipinski definition) is 4. The van der Waals surface area contributed by atoms with Crippen molar-refractivity contribution in [3.05, 3.63) is 54.1 Å². The molecular formula is C21H23F4NO4S. The van der Waals surface area contributed by atoms with Crippen molar-refractivity contribution in [3.63, 3.8) is 0 Å². The van der Waals surface area contributed by atoms with E-state index >= 15 is 0 Å². The Bertz CT molecular complexity index is 1010. The third-order valence-electron chi connectivity index (χ3n) is 4.54. The van der Waals surface area contributed by atoms with E-state index in [-0.39, 0.29) is 10.5 Å². The Balaban J connectivity index is 2.32. The van der Waals surface area contributed by atoms with Crippen LogP contribution < -0.4 is 5.32 Å². The number of carboxylic acids is 1. The summed E-state index contributed by atoms with van der Waals surface area (Å²) in [4.78, 5) is 11.5. The van der Waals surface area contributed by atoms with Gasteiger partial charge in [-0.1, -0.05) is 36.4 Å². The number of nitrogens with one attached hydrogen (secondary N) is 1. The summed E-state index contributed by atoms with van der Waals surface area (Å²) in [7, 11) is -3.38. The molecule has 2 rings (SSSR count). The number of halogens is 4. The molecule has 0 fully saturated rings. The molecule has 0 radical (unpaired) electrons. The van der Waals surface area contributed by atoms with Gasteiger partial charge in [0.1, 0.15) is 17.8 Å². The third kappa shape index (κ3) is 7.03. The molecule has 0 aliphatic heterocycles. The third-order valence-corrected chi connectivity index (χ3v) is 5.67. The molecule has 0 aromatic heterocycles. The SMILES string of the molecule is CC(C)(F)C[C@@H](N[C@@H](c1ccc(-c2ccc(S(C)(=O)=O)cc2)cc1)C(F)(F)F)C(=O)O. The molecule has 0 spiro atoms. The van der Waals surface area contributed by atoms with Crippen LogP contribution in [0.25, 0.3) is 11.1 Å². The van der Waals surface area contributed by atoms with Crippen molar-refractivity contribution in [1.29, 1.82) is 0 Å². The fraction of sp³-hybridized carbons (Fsp3) is 0.381. The highest BCUT2D eigenvalue weighted by molar-refractivity contribution is 7.90. The molecule has 0 heterocycles. The molecule has 31 heavy (non-hydrogen) atoms. The molecule has 10 heteroatoms. The van der Waals surface area contributed by atoms with Gasteiger partial charge in [-0.3, -0.25) is 10.1 Å². The second-order valence-electron chi connectivity index (χ2n) is 7.87. The molecule has 2 aromatic rings. The standard InChI is InChI=1S/C21H23F4NO4S/c1-20(2,22)12-17(19(27)28)26-18(21(23,24)25)15-6-4-13(5-7-15)14-8-10-16(11-9-14)31(3,29)30/h4-11,17-18,26H,12H2,1-3H3,(H,27,28)/t17-,18+/m1/s1. The Morgan fingerprint density at radius 2 is 1.42 bits per heavy atom. The number of sulfone groups is 1. The lowest BCUT2D eigenvalue weighted by Crippen LogP contribution is -2.47. The van der Waals surface area contributed by atoms with Crippen LogP contribution in [0.15, 0.2) is 53.4 Å². The fourth-order valence-corrected chi connectivity index (χ4v) is 3.68. The highest BCUT2D eigenvalue weighted by Crippen LogP contribution is 2.35. The van der Waals surface area contributed by atoms with Gasteiger partial charge in [0.05, 0.1) is 4.90 Å². The Hall–Kier alpha value is -2.46. The van der Waals surface area contributed by atoms with E-state index in [0.29, 0.717) is 11.1 Å². The van der Waals surface area contributed by atoms with Crippen molar-refractivity contribution in [1.82, 2.24) is 5.32 Å². The molecule has 2 N–H and O–H groups in total. The number of carboxylic acid groups (broad SMARTS) is 1. The summed E-state index contributed by atoms with van der Waals surface area (Å²) in [5, 5.41) is 11.2. The predicted molar refractivity (Wildman–Crippen MR) is 108 cm³/mol. The van der Waals surface area contributed by atoms with Gasteiger partial charge in [-0.05, 0) is 42.7 Å². The van der Waals surface area contributed by atoms with Crippen LogP contribution in [0.2, 0.25) is 0 Å². The van der Waals surface area contributed by atoms with Crippen LogP contribution in [0.4, 0.5) is 17.6 Å². The summed E-state index contributed by atoms with van der Waals surface area (Å²) in [5.41, 5.74) is -1.07. The van der Waals surface area contributed by atoms with Gasteiger partial charge in [0.25, 0.3) is 0 Å². The first-order valence-corrected chi connectivity index (χ1v) is 11.1. The Morgan fingerprint density at radius 1 is 0.968 bits per heavy atom. The topological polar surface area (TPSA) is 83.5 Å². The lowest BCUT2D eigenvalue weighted by Gasteiger charge is -2.28. The molecular weight excluding hydrogens is 438 g/mol. The lowest BCUT2D eigenvalue weighted by atomic mass is 9.97. The van der Waals surface area contributed by atoms with Crippen LogP contribution in [-0.2, 0) is 14.6 Å². The van der Waals surface area contributed by atoms with Gasteiger partial charge >= 0.3 is 12.1 Å². The summed E-state index contributed by atoms with van der Waals surface area (Å²) in [5.74, 6) is -1.58. The van der Waals surface area contributed by atoms with Crippen LogP contribution in [0, 0.1) is 0 Å². The molecule has 2 aromatic carbocycles. The van der Waals surface area contributed by atoms with Crippen molar-refractivity contribution in [2.45, 2.75) is 49.1 Å². The molecule has 0 aliphatic rings. The van der Waals surface area contributed by atoms with Crippen molar-refractivity contribution < 1.29 is 35.9 Å². The number of hydrogen-bond donors (Lipinski definition) is 2. The van der Waals surface area contributed by atoms with Gasteiger partial charge in [-0.2, -0.15) is 13.2 Å². The molecule has 2 atom stereocenters. The second kappa shape index (κ2) is 8.96.